The predicted molar refractivity (Wildman–Crippen MR) is 116 cm³/mol. The summed E-state index contributed by atoms with van der Waals surface area (Å²) in [5.41, 5.74) is 0.731. The van der Waals surface area contributed by atoms with Crippen LogP contribution in [-0.4, -0.2) is 58.9 Å². The van der Waals surface area contributed by atoms with Crippen molar-refractivity contribution in [3.8, 4) is 0 Å². The number of aromatic nitrogens is 2. The molecule has 0 spiro atoms. The Balaban J connectivity index is 1.50. The van der Waals surface area contributed by atoms with Gasteiger partial charge in [-0.1, -0.05) is 42.6 Å². The first-order chi connectivity index (χ1) is 14.8. The molecule has 1 aromatic carbocycles. The Bertz CT molecular complexity index is 1030. The van der Waals surface area contributed by atoms with Crippen molar-refractivity contribution < 1.29 is 14.4 Å². The van der Waals surface area contributed by atoms with Gasteiger partial charge in [0.2, 0.25) is 5.91 Å². The van der Waals surface area contributed by atoms with Gasteiger partial charge in [0.15, 0.2) is 5.69 Å². The molecule has 1 aliphatic heterocycles. The van der Waals surface area contributed by atoms with E-state index in [0.29, 0.717) is 5.46 Å². The van der Waals surface area contributed by atoms with Gasteiger partial charge in [-0.25, -0.2) is 0 Å². The second-order valence-corrected chi connectivity index (χ2v) is 8.55. The minimum Gasteiger partial charge on any atom is -0.351 e. The fourth-order valence-corrected chi connectivity index (χ4v) is 4.21. The molecule has 9 heteroatoms. The summed E-state index contributed by atoms with van der Waals surface area (Å²) >= 11 is 0. The number of likely N-dealkylation sites (N-methyl/N-ethyl adjacent to an activating group) is 1. The summed E-state index contributed by atoms with van der Waals surface area (Å²) in [5.74, 6) is -0.936. The maximum absolute atomic E-state index is 13.0. The molecule has 1 fully saturated rings. The Morgan fingerprint density at radius 1 is 1.26 bits per heavy atom. The minimum atomic E-state index is -1.08. The van der Waals surface area contributed by atoms with Crippen LogP contribution < -0.4 is 16.1 Å². The van der Waals surface area contributed by atoms with Gasteiger partial charge in [-0.05, 0) is 25.3 Å². The smallest absolute Gasteiger partial charge is 0.272 e. The van der Waals surface area contributed by atoms with Gasteiger partial charge >= 0.3 is 0 Å². The summed E-state index contributed by atoms with van der Waals surface area (Å²) in [4.78, 5) is 40.1. The normalized spacial score (nSPS) is 21.1. The molecule has 4 rings (SSSR count). The van der Waals surface area contributed by atoms with Gasteiger partial charge in [-0.2, -0.15) is 5.10 Å². The lowest BCUT2D eigenvalue weighted by Crippen LogP contribution is -2.63. The zero-order valence-electron chi connectivity index (χ0n) is 17.9. The summed E-state index contributed by atoms with van der Waals surface area (Å²) in [6.45, 7) is 2.17. The molecule has 1 saturated carbocycles. The maximum Gasteiger partial charge on any atom is 0.272 e. The molecule has 2 N–H and O–H groups in total. The molecule has 2 heterocycles. The molecule has 2 aromatic rings. The van der Waals surface area contributed by atoms with E-state index in [1.165, 1.54) is 15.6 Å². The predicted octanol–water partition coefficient (Wildman–Crippen LogP) is 0.510. The van der Waals surface area contributed by atoms with Crippen molar-refractivity contribution in [1.82, 2.24) is 25.3 Å². The third kappa shape index (κ3) is 3.96. The summed E-state index contributed by atoms with van der Waals surface area (Å²) in [6.07, 6.45) is 4.13. The fourth-order valence-electron chi connectivity index (χ4n) is 4.21. The van der Waals surface area contributed by atoms with E-state index in [0.717, 1.165) is 31.2 Å². The van der Waals surface area contributed by atoms with Crippen LogP contribution in [0.15, 0.2) is 30.3 Å². The van der Waals surface area contributed by atoms with Crippen LogP contribution in [0.3, 0.4) is 0 Å². The van der Waals surface area contributed by atoms with Crippen LogP contribution in [0, 0.1) is 0 Å². The molecule has 1 unspecified atom stereocenters. The van der Waals surface area contributed by atoms with Crippen LogP contribution >= 0.6 is 0 Å². The second-order valence-electron chi connectivity index (χ2n) is 8.55. The first-order valence-corrected chi connectivity index (χ1v) is 10.6. The SMILES string of the molecule is [B]c1ccccc1CNC(=O)c1cc2n(n1)CC(C)(C(=O)NC1CCCC1)N(C)C2=O. The fraction of sp³-hybridized carbons (Fsp3) is 0.455. The van der Waals surface area contributed by atoms with Crippen molar-refractivity contribution in [3.05, 3.63) is 47.3 Å². The van der Waals surface area contributed by atoms with Crippen molar-refractivity contribution >= 4 is 31.0 Å². The van der Waals surface area contributed by atoms with E-state index in [1.807, 2.05) is 18.2 Å². The number of amides is 3. The molecule has 0 saturated heterocycles. The van der Waals surface area contributed by atoms with Crippen LogP contribution in [0.25, 0.3) is 0 Å². The number of nitrogens with zero attached hydrogens (tertiary/aromatic N) is 3. The average Bonchev–Trinajstić information content (AvgIpc) is 3.41. The number of carbonyl (C=O) groups is 3. The lowest BCUT2D eigenvalue weighted by Gasteiger charge is -2.41. The second kappa shape index (κ2) is 8.21. The van der Waals surface area contributed by atoms with Crippen molar-refractivity contribution in [1.29, 1.82) is 0 Å². The van der Waals surface area contributed by atoms with Crippen LogP contribution in [0.5, 0.6) is 0 Å². The third-order valence-electron chi connectivity index (χ3n) is 6.41. The highest BCUT2D eigenvalue weighted by atomic mass is 16.2. The van der Waals surface area contributed by atoms with Crippen molar-refractivity contribution in [2.75, 3.05) is 7.05 Å². The van der Waals surface area contributed by atoms with Crippen LogP contribution in [0.1, 0.15) is 59.1 Å². The number of carbonyl (C=O) groups excluding carboxylic acids is 3. The Kier molecular flexibility index (Phi) is 5.60. The van der Waals surface area contributed by atoms with Gasteiger partial charge in [0, 0.05) is 25.7 Å². The monoisotopic (exact) mass is 419 g/mol. The highest BCUT2D eigenvalue weighted by Crippen LogP contribution is 2.27. The van der Waals surface area contributed by atoms with Crippen LogP contribution in [-0.2, 0) is 17.9 Å². The van der Waals surface area contributed by atoms with Gasteiger partial charge in [0.25, 0.3) is 11.8 Å². The molecule has 1 atom stereocenters. The zero-order valence-corrected chi connectivity index (χ0v) is 17.9. The Hall–Kier alpha value is -3.10. The van der Waals surface area contributed by atoms with E-state index < -0.39 is 11.4 Å². The number of fused-ring (bicyclic) bond motifs is 1. The van der Waals surface area contributed by atoms with Crippen molar-refractivity contribution in [2.24, 2.45) is 0 Å². The van der Waals surface area contributed by atoms with Gasteiger partial charge in [0.05, 0.1) is 6.54 Å². The molecule has 3 amide bonds. The summed E-state index contributed by atoms with van der Waals surface area (Å²) < 4.78 is 1.46. The maximum atomic E-state index is 13.0. The summed E-state index contributed by atoms with van der Waals surface area (Å²) in [5, 5.41) is 10.2. The van der Waals surface area contributed by atoms with E-state index in [-0.39, 0.29) is 42.3 Å². The van der Waals surface area contributed by atoms with E-state index >= 15 is 0 Å². The van der Waals surface area contributed by atoms with Gasteiger partial charge in [0.1, 0.15) is 19.1 Å². The zero-order chi connectivity index (χ0) is 22.2. The first kappa shape index (κ1) is 21.1. The van der Waals surface area contributed by atoms with Crippen molar-refractivity contribution in [2.45, 2.75) is 57.3 Å². The molecular formula is C22H26BN5O3. The molecule has 31 heavy (non-hydrogen) atoms. The quantitative estimate of drug-likeness (QED) is 0.691. The lowest BCUT2D eigenvalue weighted by atomic mass is 9.91. The van der Waals surface area contributed by atoms with Crippen LogP contribution in [0.4, 0.5) is 0 Å². The molecular weight excluding hydrogens is 393 g/mol. The highest BCUT2D eigenvalue weighted by molar-refractivity contribution is 6.33. The lowest BCUT2D eigenvalue weighted by molar-refractivity contribution is -0.133. The number of benzene rings is 1. The molecule has 1 aromatic heterocycles. The number of rotatable bonds is 5. The molecule has 2 aliphatic rings. The number of hydrogen-bond donors (Lipinski definition) is 2. The standard InChI is InChI=1S/C22H26BN5O3/c1-22(21(31)25-15-8-4-5-9-15)13-28-18(20(30)27(22)2)11-17(26-28)19(29)24-12-14-7-3-6-10-16(14)23/h3,6-7,10-11,15H,4-5,8-9,12-13H2,1-2H3,(H,24,29)(H,25,31). The van der Waals surface area contributed by atoms with E-state index in [2.05, 4.69) is 15.7 Å². The minimum absolute atomic E-state index is 0.131. The first-order valence-electron chi connectivity index (χ1n) is 10.6. The highest BCUT2D eigenvalue weighted by Gasteiger charge is 2.46. The molecule has 1 aliphatic carbocycles. The largest absolute Gasteiger partial charge is 0.351 e. The number of nitrogens with one attached hydrogen (secondary N) is 2. The van der Waals surface area contributed by atoms with E-state index in [4.69, 9.17) is 7.85 Å². The molecule has 160 valence electrons. The van der Waals surface area contributed by atoms with Gasteiger partial charge < -0.3 is 15.5 Å². The Morgan fingerprint density at radius 2 is 1.97 bits per heavy atom. The van der Waals surface area contributed by atoms with E-state index in [9.17, 15) is 14.4 Å². The summed E-state index contributed by atoms with van der Waals surface area (Å²) in [7, 11) is 7.53. The topological polar surface area (TPSA) is 96.3 Å². The van der Waals surface area contributed by atoms with Gasteiger partial charge in [-0.3, -0.25) is 19.1 Å². The van der Waals surface area contributed by atoms with Crippen LogP contribution in [0.2, 0.25) is 0 Å². The molecule has 8 nitrogen and oxygen atoms in total. The Morgan fingerprint density at radius 3 is 2.68 bits per heavy atom. The van der Waals surface area contributed by atoms with E-state index in [1.54, 1.807) is 20.0 Å². The molecule has 2 radical (unpaired) electrons. The van der Waals surface area contributed by atoms with Gasteiger partial charge in [-0.15, -0.1) is 0 Å². The average molecular weight is 419 g/mol. The summed E-state index contributed by atoms with van der Waals surface area (Å²) in [6, 6.07) is 8.89. The Labute approximate surface area is 182 Å². The molecule has 0 bridgehead atoms. The number of hydrogen-bond acceptors (Lipinski definition) is 4. The van der Waals surface area contributed by atoms with Crippen molar-refractivity contribution in [3.63, 3.8) is 0 Å². The third-order valence-corrected chi connectivity index (χ3v) is 6.41.